The van der Waals surface area contributed by atoms with E-state index in [1.807, 2.05) is 62.4 Å². The minimum Gasteiger partial charge on any atom is -0.394 e. The third kappa shape index (κ3) is 4.36. The monoisotopic (exact) mass is 351 g/mol. The molecule has 128 valence electrons. The average Bonchev–Trinajstić information content (AvgIpc) is 2.69. The van der Waals surface area contributed by atoms with Gasteiger partial charge in [0.1, 0.15) is 0 Å². The Morgan fingerprint density at radius 3 is 1.68 bits per heavy atom. The van der Waals surface area contributed by atoms with Gasteiger partial charge < -0.3 is 8.85 Å². The smallest absolute Gasteiger partial charge is 0.356 e. The first-order chi connectivity index (χ1) is 12.3. The zero-order chi connectivity index (χ0) is 17.5. The van der Waals surface area contributed by atoms with Crippen LogP contribution in [0, 0.1) is 0 Å². The van der Waals surface area contributed by atoms with E-state index in [-0.39, 0.29) is 0 Å². The van der Waals surface area contributed by atoms with Crippen LogP contribution in [0.5, 0.6) is 0 Å². The topological polar surface area (TPSA) is 57.1 Å². The third-order valence-corrected chi connectivity index (χ3v) is 5.76. The molecule has 0 atom stereocenters. The first-order valence-corrected chi connectivity index (χ1v) is 9.91. The van der Waals surface area contributed by atoms with Crippen LogP contribution in [0.25, 0.3) is 22.8 Å². The van der Waals surface area contributed by atoms with Gasteiger partial charge >= 0.3 is 9.28 Å². The number of hydrogen-bond acceptors (Lipinski definition) is 5. The number of pyridine rings is 3. The quantitative estimate of drug-likeness (QED) is 0.613. The summed E-state index contributed by atoms with van der Waals surface area (Å²) in [6.07, 6.45) is 3.54. The van der Waals surface area contributed by atoms with Crippen molar-refractivity contribution in [2.75, 3.05) is 13.2 Å². The summed E-state index contributed by atoms with van der Waals surface area (Å²) in [6, 6.07) is 15.6. The van der Waals surface area contributed by atoms with Crippen LogP contribution in [0.2, 0.25) is 0 Å². The van der Waals surface area contributed by atoms with E-state index in [0.717, 1.165) is 28.0 Å². The van der Waals surface area contributed by atoms with Gasteiger partial charge in [-0.1, -0.05) is 12.1 Å². The van der Waals surface area contributed by atoms with E-state index in [0.29, 0.717) is 13.2 Å². The molecule has 3 heterocycles. The summed E-state index contributed by atoms with van der Waals surface area (Å²) in [5.41, 5.74) is 3.25. The maximum Gasteiger partial charge on any atom is 0.356 e. The van der Waals surface area contributed by atoms with E-state index < -0.39 is 9.28 Å². The van der Waals surface area contributed by atoms with Crippen molar-refractivity contribution < 1.29 is 8.85 Å². The van der Waals surface area contributed by atoms with Crippen molar-refractivity contribution in [3.8, 4) is 22.8 Å². The Labute approximate surface area is 149 Å². The summed E-state index contributed by atoms with van der Waals surface area (Å²) in [7, 11) is -1.99. The lowest BCUT2D eigenvalue weighted by Crippen LogP contribution is -2.37. The van der Waals surface area contributed by atoms with Crippen LogP contribution in [-0.2, 0) is 8.85 Å². The van der Waals surface area contributed by atoms with Gasteiger partial charge in [-0.3, -0.25) is 9.97 Å². The molecular formula is C19H21N3O2Si. The fraction of sp³-hybridized carbons (Fsp3) is 0.211. The minimum atomic E-state index is -1.99. The highest BCUT2D eigenvalue weighted by Crippen LogP contribution is 2.19. The maximum absolute atomic E-state index is 5.90. The Morgan fingerprint density at radius 2 is 1.28 bits per heavy atom. The lowest BCUT2D eigenvalue weighted by atomic mass is 10.2. The zero-order valence-electron chi connectivity index (χ0n) is 14.4. The molecule has 0 fully saturated rings. The second-order valence-corrected chi connectivity index (χ2v) is 7.34. The molecule has 0 aliphatic heterocycles. The molecule has 0 radical (unpaired) electrons. The molecule has 0 N–H and O–H groups in total. The molecule has 0 saturated carbocycles. The van der Waals surface area contributed by atoms with Gasteiger partial charge in [-0.25, -0.2) is 4.98 Å². The Kier molecular flexibility index (Phi) is 6.00. The molecule has 0 aromatic carbocycles. The summed E-state index contributed by atoms with van der Waals surface area (Å²) in [6.45, 7) is 5.22. The fourth-order valence-corrected chi connectivity index (χ4v) is 4.20. The number of hydrogen-bond donors (Lipinski definition) is 0. The van der Waals surface area contributed by atoms with Gasteiger partial charge in [-0.15, -0.1) is 0 Å². The lowest BCUT2D eigenvalue weighted by molar-refractivity contribution is 0.225. The normalized spacial score (nSPS) is 11.0. The molecule has 0 spiro atoms. The molecule has 0 aliphatic rings. The fourth-order valence-electron chi connectivity index (χ4n) is 2.52. The molecule has 3 aromatic rings. The summed E-state index contributed by atoms with van der Waals surface area (Å²) < 4.78 is 11.8. The Bertz CT molecular complexity index is 737. The van der Waals surface area contributed by atoms with Crippen LogP contribution in [0.4, 0.5) is 0 Å². The molecular weight excluding hydrogens is 330 g/mol. The molecule has 5 nitrogen and oxygen atoms in total. The molecule has 0 saturated heterocycles. The molecule has 25 heavy (non-hydrogen) atoms. The Balaban J connectivity index is 2.11. The summed E-state index contributed by atoms with van der Waals surface area (Å²) >= 11 is 0. The summed E-state index contributed by atoms with van der Waals surface area (Å²) in [5.74, 6) is 0. The van der Waals surface area contributed by atoms with Crippen molar-refractivity contribution in [1.29, 1.82) is 0 Å². The number of rotatable bonds is 7. The van der Waals surface area contributed by atoms with Gasteiger partial charge in [0.05, 0.1) is 22.8 Å². The predicted octanol–water partition coefficient (Wildman–Crippen LogP) is 2.71. The highest BCUT2D eigenvalue weighted by molar-refractivity contribution is 6.61. The van der Waals surface area contributed by atoms with Gasteiger partial charge in [0.2, 0.25) is 0 Å². The highest BCUT2D eigenvalue weighted by atomic mass is 28.3. The molecule has 6 heteroatoms. The van der Waals surface area contributed by atoms with Crippen molar-refractivity contribution in [2.45, 2.75) is 13.8 Å². The Morgan fingerprint density at radius 1 is 0.760 bits per heavy atom. The van der Waals surface area contributed by atoms with Crippen molar-refractivity contribution in [1.82, 2.24) is 15.0 Å². The second kappa shape index (κ2) is 8.62. The van der Waals surface area contributed by atoms with E-state index in [2.05, 4.69) is 9.97 Å². The number of nitrogens with zero attached hydrogens (tertiary/aromatic N) is 3. The van der Waals surface area contributed by atoms with Crippen molar-refractivity contribution in [2.24, 2.45) is 0 Å². The van der Waals surface area contributed by atoms with Gasteiger partial charge in [-0.05, 0) is 55.4 Å². The first-order valence-electron chi connectivity index (χ1n) is 8.39. The molecule has 3 rings (SSSR count). The van der Waals surface area contributed by atoms with Gasteiger partial charge in [0, 0.05) is 25.6 Å². The van der Waals surface area contributed by atoms with Crippen LogP contribution in [0.1, 0.15) is 13.8 Å². The molecule has 0 bridgehead atoms. The summed E-state index contributed by atoms with van der Waals surface area (Å²) in [4.78, 5) is 13.6. The van der Waals surface area contributed by atoms with Gasteiger partial charge in [-0.2, -0.15) is 0 Å². The van der Waals surface area contributed by atoms with Crippen molar-refractivity contribution in [3.63, 3.8) is 0 Å². The van der Waals surface area contributed by atoms with Crippen molar-refractivity contribution >= 4 is 14.5 Å². The van der Waals surface area contributed by atoms with Crippen LogP contribution in [-0.4, -0.2) is 37.4 Å². The second-order valence-electron chi connectivity index (χ2n) is 5.34. The largest absolute Gasteiger partial charge is 0.394 e. The van der Waals surface area contributed by atoms with Crippen molar-refractivity contribution in [3.05, 3.63) is 60.9 Å². The molecule has 0 amide bonds. The summed E-state index contributed by atoms with van der Waals surface area (Å²) in [5, 5.41) is 1.04. The van der Waals surface area contributed by atoms with E-state index in [1.165, 1.54) is 0 Å². The van der Waals surface area contributed by atoms with Crippen LogP contribution in [0.3, 0.4) is 0 Å². The minimum absolute atomic E-state index is 0.622. The van der Waals surface area contributed by atoms with E-state index in [4.69, 9.17) is 13.8 Å². The Hall–Kier alpha value is -2.41. The van der Waals surface area contributed by atoms with E-state index >= 15 is 0 Å². The highest BCUT2D eigenvalue weighted by Gasteiger charge is 2.19. The maximum atomic E-state index is 5.90. The SMILES string of the molecule is CCO[SiH](OCC)c1cc(-c2ccccn2)nc(-c2ccccn2)c1. The molecule has 0 unspecified atom stereocenters. The van der Waals surface area contributed by atoms with E-state index in [1.54, 1.807) is 12.4 Å². The average molecular weight is 351 g/mol. The van der Waals surface area contributed by atoms with Gasteiger partial charge in [0.15, 0.2) is 0 Å². The first kappa shape index (κ1) is 17.4. The number of aromatic nitrogens is 3. The molecule has 0 aliphatic carbocycles. The van der Waals surface area contributed by atoms with Crippen LogP contribution in [0.15, 0.2) is 60.9 Å². The zero-order valence-corrected chi connectivity index (χ0v) is 15.6. The predicted molar refractivity (Wildman–Crippen MR) is 101 cm³/mol. The third-order valence-electron chi connectivity index (χ3n) is 3.61. The van der Waals surface area contributed by atoms with Gasteiger partial charge in [0.25, 0.3) is 0 Å². The van der Waals surface area contributed by atoms with E-state index in [9.17, 15) is 0 Å². The lowest BCUT2D eigenvalue weighted by Gasteiger charge is -2.17. The molecule has 3 aromatic heterocycles. The standard InChI is InChI=1S/C19H21N3O2Si/c1-3-23-25(24-4-2)15-13-18(16-9-5-7-11-20-16)22-19(14-15)17-10-6-8-12-21-17/h5-14,25H,3-4H2,1-2H3. The van der Waals surface area contributed by atoms with Crippen LogP contribution >= 0.6 is 0 Å². The van der Waals surface area contributed by atoms with Crippen LogP contribution < -0.4 is 5.19 Å².